The number of nitrogens with zero attached hydrogens (tertiary/aromatic N) is 1. The summed E-state index contributed by atoms with van der Waals surface area (Å²) in [6, 6.07) is 17.9. The van der Waals surface area contributed by atoms with Crippen molar-refractivity contribution in [2.75, 3.05) is 11.1 Å². The van der Waals surface area contributed by atoms with Crippen molar-refractivity contribution in [2.45, 2.75) is 6.42 Å². The van der Waals surface area contributed by atoms with E-state index in [2.05, 4.69) is 10.3 Å². The van der Waals surface area contributed by atoms with Gasteiger partial charge in [-0.2, -0.15) is 0 Å². The molecule has 0 radical (unpaired) electrons. The van der Waals surface area contributed by atoms with Crippen LogP contribution in [-0.2, 0) is 11.2 Å². The quantitative estimate of drug-likeness (QED) is 0.659. The predicted octanol–water partition coefficient (Wildman–Crippen LogP) is 2.61. The first-order valence-corrected chi connectivity index (χ1v) is 8.03. The van der Waals surface area contributed by atoms with Gasteiger partial charge in [-0.25, -0.2) is 0 Å². The number of pyridine rings is 1. The minimum absolute atomic E-state index is 0.159. The molecule has 3 aromatic rings. The van der Waals surface area contributed by atoms with Gasteiger partial charge in [-0.15, -0.1) is 0 Å². The number of nitrogens with one attached hydrogen (secondary N) is 1. The number of carbonyl (C=O) groups is 2. The Labute approximate surface area is 150 Å². The topological polar surface area (TPSA) is 111 Å². The Morgan fingerprint density at radius 3 is 2.31 bits per heavy atom. The Morgan fingerprint density at radius 1 is 0.962 bits per heavy atom. The summed E-state index contributed by atoms with van der Waals surface area (Å²) in [6.07, 6.45) is 1.72. The lowest BCUT2D eigenvalue weighted by Gasteiger charge is -2.11. The van der Waals surface area contributed by atoms with Gasteiger partial charge in [0.15, 0.2) is 0 Å². The van der Waals surface area contributed by atoms with E-state index in [1.807, 2.05) is 30.3 Å². The highest BCUT2D eigenvalue weighted by Crippen LogP contribution is 2.26. The SMILES string of the molecule is NC(=O)Cc1ccc(NC(=O)c2ccnc(-c3ccccc3)c2N)cc1. The van der Waals surface area contributed by atoms with E-state index in [9.17, 15) is 9.59 Å². The largest absolute Gasteiger partial charge is 0.396 e. The van der Waals surface area contributed by atoms with Crippen molar-refractivity contribution in [2.24, 2.45) is 5.73 Å². The summed E-state index contributed by atoms with van der Waals surface area (Å²) in [6.45, 7) is 0. The van der Waals surface area contributed by atoms with E-state index in [1.165, 1.54) is 0 Å². The van der Waals surface area contributed by atoms with Crippen LogP contribution in [0.25, 0.3) is 11.3 Å². The lowest BCUT2D eigenvalue weighted by Crippen LogP contribution is -2.15. The van der Waals surface area contributed by atoms with Crippen molar-refractivity contribution >= 4 is 23.2 Å². The van der Waals surface area contributed by atoms with E-state index < -0.39 is 5.91 Å². The molecule has 0 bridgehead atoms. The van der Waals surface area contributed by atoms with E-state index in [0.29, 0.717) is 22.6 Å². The van der Waals surface area contributed by atoms with Crippen LogP contribution in [0.1, 0.15) is 15.9 Å². The molecule has 0 fully saturated rings. The van der Waals surface area contributed by atoms with Gasteiger partial charge in [-0.05, 0) is 23.8 Å². The maximum atomic E-state index is 12.6. The minimum Gasteiger partial charge on any atom is -0.396 e. The number of rotatable bonds is 5. The highest BCUT2D eigenvalue weighted by molar-refractivity contribution is 6.09. The maximum absolute atomic E-state index is 12.6. The zero-order valence-electron chi connectivity index (χ0n) is 14.0. The van der Waals surface area contributed by atoms with Crippen molar-refractivity contribution in [1.29, 1.82) is 0 Å². The van der Waals surface area contributed by atoms with Crippen LogP contribution in [0.15, 0.2) is 66.9 Å². The minimum atomic E-state index is -0.403. The smallest absolute Gasteiger partial charge is 0.257 e. The average molecular weight is 346 g/mol. The van der Waals surface area contributed by atoms with Crippen LogP contribution in [-0.4, -0.2) is 16.8 Å². The van der Waals surface area contributed by atoms with Gasteiger partial charge < -0.3 is 16.8 Å². The summed E-state index contributed by atoms with van der Waals surface area (Å²) < 4.78 is 0. The van der Waals surface area contributed by atoms with Crippen LogP contribution >= 0.6 is 0 Å². The molecule has 0 atom stereocenters. The van der Waals surface area contributed by atoms with Gasteiger partial charge in [0, 0.05) is 17.4 Å². The first kappa shape index (κ1) is 17.2. The van der Waals surface area contributed by atoms with Gasteiger partial charge in [-0.3, -0.25) is 14.6 Å². The zero-order chi connectivity index (χ0) is 18.5. The first-order valence-electron chi connectivity index (χ1n) is 8.03. The van der Waals surface area contributed by atoms with Gasteiger partial charge >= 0.3 is 0 Å². The summed E-state index contributed by atoms with van der Waals surface area (Å²) in [4.78, 5) is 27.8. The Bertz CT molecular complexity index is 938. The Balaban J connectivity index is 1.81. The van der Waals surface area contributed by atoms with Gasteiger partial charge in [0.25, 0.3) is 5.91 Å². The molecular weight excluding hydrogens is 328 g/mol. The highest BCUT2D eigenvalue weighted by Gasteiger charge is 2.15. The third-order valence-electron chi connectivity index (χ3n) is 3.87. The zero-order valence-corrected chi connectivity index (χ0v) is 14.0. The Kier molecular flexibility index (Phi) is 4.94. The molecule has 1 aromatic heterocycles. The number of hydrogen-bond acceptors (Lipinski definition) is 4. The van der Waals surface area contributed by atoms with Crippen LogP contribution in [0.4, 0.5) is 11.4 Å². The summed E-state index contributed by atoms with van der Waals surface area (Å²) in [7, 11) is 0. The van der Waals surface area contributed by atoms with Crippen molar-refractivity contribution in [3.63, 3.8) is 0 Å². The second-order valence-corrected chi connectivity index (χ2v) is 5.78. The Morgan fingerprint density at radius 2 is 1.65 bits per heavy atom. The van der Waals surface area contributed by atoms with Gasteiger partial charge in [-0.1, -0.05) is 42.5 Å². The molecule has 0 spiro atoms. The number of carbonyl (C=O) groups excluding carboxylic acids is 2. The van der Waals surface area contributed by atoms with Crippen LogP contribution in [0, 0.1) is 0 Å². The number of benzene rings is 2. The summed E-state index contributed by atoms with van der Waals surface area (Å²) in [5.74, 6) is -0.732. The number of nitrogens with two attached hydrogens (primary N) is 2. The van der Waals surface area contributed by atoms with Crippen molar-refractivity contribution in [3.05, 3.63) is 78.0 Å². The second kappa shape index (κ2) is 7.48. The molecule has 130 valence electrons. The van der Waals surface area contributed by atoms with E-state index >= 15 is 0 Å². The molecule has 26 heavy (non-hydrogen) atoms. The number of amides is 2. The molecule has 0 aliphatic heterocycles. The van der Waals surface area contributed by atoms with E-state index in [0.717, 1.165) is 11.1 Å². The molecule has 0 aliphatic carbocycles. The van der Waals surface area contributed by atoms with Gasteiger partial charge in [0.05, 0.1) is 23.4 Å². The molecule has 5 N–H and O–H groups in total. The second-order valence-electron chi connectivity index (χ2n) is 5.78. The van der Waals surface area contributed by atoms with Crippen LogP contribution in [0.3, 0.4) is 0 Å². The van der Waals surface area contributed by atoms with Crippen molar-refractivity contribution in [1.82, 2.24) is 4.98 Å². The fourth-order valence-electron chi connectivity index (χ4n) is 2.60. The standard InChI is InChI=1S/C20H18N4O2/c21-17(25)12-13-6-8-15(9-7-13)24-20(26)16-10-11-23-19(18(16)22)14-4-2-1-3-5-14/h1-11H,12,22H2,(H2,21,25)(H,24,26). The maximum Gasteiger partial charge on any atom is 0.257 e. The third kappa shape index (κ3) is 3.87. The van der Waals surface area contributed by atoms with E-state index in [-0.39, 0.29) is 12.3 Å². The molecular formula is C20H18N4O2. The molecule has 0 saturated carbocycles. The van der Waals surface area contributed by atoms with Crippen LogP contribution < -0.4 is 16.8 Å². The molecule has 1 heterocycles. The van der Waals surface area contributed by atoms with Crippen LogP contribution in [0.2, 0.25) is 0 Å². The fraction of sp³-hybridized carbons (Fsp3) is 0.0500. The molecule has 2 aromatic carbocycles. The average Bonchev–Trinajstić information content (AvgIpc) is 2.64. The molecule has 0 saturated heterocycles. The molecule has 3 rings (SSSR count). The van der Waals surface area contributed by atoms with E-state index in [1.54, 1.807) is 36.5 Å². The predicted molar refractivity (Wildman–Crippen MR) is 101 cm³/mol. The number of primary amides is 1. The molecule has 0 aliphatic rings. The van der Waals surface area contributed by atoms with Crippen LogP contribution in [0.5, 0.6) is 0 Å². The third-order valence-corrected chi connectivity index (χ3v) is 3.87. The highest BCUT2D eigenvalue weighted by atomic mass is 16.2. The van der Waals surface area contributed by atoms with Crippen molar-refractivity contribution < 1.29 is 9.59 Å². The summed E-state index contributed by atoms with van der Waals surface area (Å²) >= 11 is 0. The number of nitrogen functional groups attached to an aromatic ring is 1. The van der Waals surface area contributed by atoms with Crippen molar-refractivity contribution in [3.8, 4) is 11.3 Å². The number of hydrogen-bond donors (Lipinski definition) is 3. The van der Waals surface area contributed by atoms with E-state index in [4.69, 9.17) is 11.5 Å². The van der Waals surface area contributed by atoms with Gasteiger partial charge in [0.2, 0.25) is 5.91 Å². The normalized spacial score (nSPS) is 10.3. The fourth-order valence-corrected chi connectivity index (χ4v) is 2.60. The number of aromatic nitrogens is 1. The lowest BCUT2D eigenvalue weighted by molar-refractivity contribution is -0.117. The summed E-state index contributed by atoms with van der Waals surface area (Å²) in [5.41, 5.74) is 14.8. The first-order chi connectivity index (χ1) is 12.5. The molecule has 6 heteroatoms. The molecule has 0 unspecified atom stereocenters. The molecule has 6 nitrogen and oxygen atoms in total. The monoisotopic (exact) mass is 346 g/mol. The summed E-state index contributed by atoms with van der Waals surface area (Å²) in [5, 5.41) is 2.80. The molecule has 2 amide bonds. The van der Waals surface area contributed by atoms with Gasteiger partial charge in [0.1, 0.15) is 0 Å². The lowest BCUT2D eigenvalue weighted by atomic mass is 10.1. The Hall–Kier alpha value is -3.67. The number of anilines is 2.